The molecule has 4 atom stereocenters. The van der Waals surface area contributed by atoms with E-state index >= 15 is 4.39 Å². The van der Waals surface area contributed by atoms with Crippen molar-refractivity contribution in [3.8, 4) is 0 Å². The number of aliphatic hydroxyl groups excluding tert-OH is 1. The van der Waals surface area contributed by atoms with Gasteiger partial charge in [0.2, 0.25) is 5.91 Å². The number of benzene rings is 2. The zero-order chi connectivity index (χ0) is 27.3. The second-order valence-corrected chi connectivity index (χ2v) is 12.5. The third-order valence-electron chi connectivity index (χ3n) is 7.33. The normalized spacial score (nSPS) is 25.3. The highest BCUT2D eigenvalue weighted by atomic mass is 35.5. The number of esters is 1. The fourth-order valence-electron chi connectivity index (χ4n) is 5.84. The smallest absolute Gasteiger partial charge is 0.324 e. The Kier molecular flexibility index (Phi) is 7.40. The SMILES string of the molecule is CC(C)(CCO)CC1NC(C(=O)OC(C)(C)C)[C@H](c2cccc(Cl)c2F)[C@]12C(=O)Nc1cc(Cl)ccc12. The van der Waals surface area contributed by atoms with E-state index in [1.807, 2.05) is 13.8 Å². The minimum Gasteiger partial charge on any atom is -0.459 e. The summed E-state index contributed by atoms with van der Waals surface area (Å²) in [6.45, 7) is 9.21. The quantitative estimate of drug-likeness (QED) is 0.408. The van der Waals surface area contributed by atoms with Gasteiger partial charge in [0.05, 0.1) is 5.02 Å². The van der Waals surface area contributed by atoms with E-state index in [2.05, 4.69) is 10.6 Å². The molecule has 3 N–H and O–H groups in total. The van der Waals surface area contributed by atoms with Crippen molar-refractivity contribution in [2.45, 2.75) is 76.5 Å². The Hall–Kier alpha value is -2.19. The zero-order valence-electron chi connectivity index (χ0n) is 21.6. The highest BCUT2D eigenvalue weighted by Crippen LogP contribution is 2.57. The molecule has 2 aromatic rings. The molecule has 9 heteroatoms. The number of anilines is 1. The number of hydrogen-bond donors (Lipinski definition) is 3. The number of hydrogen-bond acceptors (Lipinski definition) is 5. The van der Waals surface area contributed by atoms with E-state index in [1.54, 1.807) is 51.1 Å². The van der Waals surface area contributed by atoms with Gasteiger partial charge in [-0.15, -0.1) is 0 Å². The monoisotopic (exact) mass is 550 g/mol. The van der Waals surface area contributed by atoms with Crippen molar-refractivity contribution in [3.05, 3.63) is 63.4 Å². The summed E-state index contributed by atoms with van der Waals surface area (Å²) in [7, 11) is 0. The molecule has 2 aromatic carbocycles. The third kappa shape index (κ3) is 4.99. The predicted molar refractivity (Wildman–Crippen MR) is 143 cm³/mol. The first-order valence-corrected chi connectivity index (χ1v) is 13.1. The standard InChI is InChI=1S/C28H33Cl2FN2O4/c1-26(2,3)37-24(35)23-21(16-7-6-8-18(30)22(16)31)28(20(33-23)14-27(4,5)11-12-34)17-10-9-15(29)13-19(17)32-25(28)36/h6-10,13,20-21,23,33-34H,11-12,14H2,1-5H3,(H,32,36)/t20?,21-,23?,28+/m0/s1. The van der Waals surface area contributed by atoms with Crippen LogP contribution in [0.25, 0.3) is 0 Å². The van der Waals surface area contributed by atoms with E-state index in [9.17, 15) is 14.7 Å². The van der Waals surface area contributed by atoms with Crippen molar-refractivity contribution < 1.29 is 23.8 Å². The van der Waals surface area contributed by atoms with Crippen LogP contribution in [0, 0.1) is 11.2 Å². The Bertz CT molecular complexity index is 1230. The van der Waals surface area contributed by atoms with Crippen molar-refractivity contribution >= 4 is 40.8 Å². The second-order valence-electron chi connectivity index (χ2n) is 11.7. The van der Waals surface area contributed by atoms with Gasteiger partial charge in [-0.05, 0) is 68.4 Å². The van der Waals surface area contributed by atoms with Gasteiger partial charge in [-0.2, -0.15) is 0 Å². The fraction of sp³-hybridized carbons (Fsp3) is 0.500. The Morgan fingerprint density at radius 2 is 1.86 bits per heavy atom. The molecule has 1 saturated heterocycles. The molecule has 2 unspecified atom stereocenters. The van der Waals surface area contributed by atoms with Gasteiger partial charge >= 0.3 is 5.97 Å². The molecule has 0 bridgehead atoms. The lowest BCUT2D eigenvalue weighted by Crippen LogP contribution is -2.50. The fourth-order valence-corrected chi connectivity index (χ4v) is 6.19. The van der Waals surface area contributed by atoms with Crippen LogP contribution in [0.3, 0.4) is 0 Å². The Labute approximate surface area is 226 Å². The second kappa shape index (κ2) is 9.84. The number of nitrogens with one attached hydrogen (secondary N) is 2. The third-order valence-corrected chi connectivity index (χ3v) is 7.86. The van der Waals surface area contributed by atoms with Crippen LogP contribution >= 0.6 is 23.2 Å². The van der Waals surface area contributed by atoms with Crippen molar-refractivity contribution in [1.82, 2.24) is 5.32 Å². The summed E-state index contributed by atoms with van der Waals surface area (Å²) in [6.07, 6.45) is 0.894. The maximum atomic E-state index is 15.7. The van der Waals surface area contributed by atoms with E-state index in [-0.39, 0.29) is 23.1 Å². The topological polar surface area (TPSA) is 87.7 Å². The number of amides is 1. The van der Waals surface area contributed by atoms with Gasteiger partial charge in [0.25, 0.3) is 0 Å². The van der Waals surface area contributed by atoms with Gasteiger partial charge in [0.15, 0.2) is 0 Å². The molecule has 0 aromatic heterocycles. The Morgan fingerprint density at radius 3 is 2.51 bits per heavy atom. The highest BCUT2D eigenvalue weighted by Gasteiger charge is 2.66. The molecule has 0 radical (unpaired) electrons. The zero-order valence-corrected chi connectivity index (χ0v) is 23.1. The molecule has 37 heavy (non-hydrogen) atoms. The van der Waals surface area contributed by atoms with Crippen LogP contribution in [0.5, 0.6) is 0 Å². The van der Waals surface area contributed by atoms with E-state index in [0.29, 0.717) is 29.1 Å². The minimum absolute atomic E-state index is 0.0348. The van der Waals surface area contributed by atoms with Crippen LogP contribution in [0.4, 0.5) is 10.1 Å². The van der Waals surface area contributed by atoms with Crippen LogP contribution in [0.1, 0.15) is 64.5 Å². The van der Waals surface area contributed by atoms with Gasteiger partial charge < -0.3 is 15.2 Å². The van der Waals surface area contributed by atoms with E-state index in [0.717, 1.165) is 0 Å². The average Bonchev–Trinajstić information content (AvgIpc) is 3.24. The van der Waals surface area contributed by atoms with Gasteiger partial charge in [0.1, 0.15) is 22.9 Å². The van der Waals surface area contributed by atoms with Crippen molar-refractivity contribution in [3.63, 3.8) is 0 Å². The number of rotatable bonds is 6. The molecule has 2 aliphatic heterocycles. The largest absolute Gasteiger partial charge is 0.459 e. The lowest BCUT2D eigenvalue weighted by Gasteiger charge is -2.38. The highest BCUT2D eigenvalue weighted by molar-refractivity contribution is 6.31. The number of ether oxygens (including phenoxy) is 1. The maximum Gasteiger partial charge on any atom is 0.324 e. The summed E-state index contributed by atoms with van der Waals surface area (Å²) >= 11 is 12.5. The van der Waals surface area contributed by atoms with Crippen LogP contribution in [0.15, 0.2) is 36.4 Å². The van der Waals surface area contributed by atoms with E-state index < -0.39 is 46.2 Å². The first-order chi connectivity index (χ1) is 17.2. The molecule has 200 valence electrons. The van der Waals surface area contributed by atoms with Gasteiger partial charge in [-0.25, -0.2) is 4.39 Å². The molecule has 0 aliphatic carbocycles. The van der Waals surface area contributed by atoms with Crippen molar-refractivity contribution in [2.75, 3.05) is 11.9 Å². The molecule has 2 heterocycles. The van der Waals surface area contributed by atoms with Crippen molar-refractivity contribution in [2.24, 2.45) is 5.41 Å². The number of carbonyl (C=O) groups excluding carboxylic acids is 2. The summed E-state index contributed by atoms with van der Waals surface area (Å²) in [5.41, 5.74) is -1.30. The molecule has 6 nitrogen and oxygen atoms in total. The van der Waals surface area contributed by atoms with Gasteiger partial charge in [0, 0.05) is 29.3 Å². The number of aliphatic hydroxyl groups is 1. The van der Waals surface area contributed by atoms with Crippen LogP contribution in [-0.2, 0) is 19.7 Å². The molecule has 1 spiro atoms. The van der Waals surface area contributed by atoms with Crippen LogP contribution < -0.4 is 10.6 Å². The molecule has 4 rings (SSSR count). The maximum absolute atomic E-state index is 15.7. The first kappa shape index (κ1) is 27.8. The Balaban J connectivity index is 2.00. The van der Waals surface area contributed by atoms with E-state index in [1.165, 1.54) is 6.07 Å². The summed E-state index contributed by atoms with van der Waals surface area (Å²) < 4.78 is 21.5. The molecule has 1 amide bonds. The van der Waals surface area contributed by atoms with E-state index in [4.69, 9.17) is 27.9 Å². The summed E-state index contributed by atoms with van der Waals surface area (Å²) in [4.78, 5) is 27.8. The molecular formula is C28H33Cl2FN2O4. The van der Waals surface area contributed by atoms with Gasteiger partial charge in [-0.3, -0.25) is 14.9 Å². The lowest BCUT2D eigenvalue weighted by molar-refractivity contribution is -0.157. The summed E-state index contributed by atoms with van der Waals surface area (Å²) in [5.74, 6) is -2.61. The average molecular weight is 551 g/mol. The van der Waals surface area contributed by atoms with Crippen molar-refractivity contribution in [1.29, 1.82) is 0 Å². The van der Waals surface area contributed by atoms with Gasteiger partial charge in [-0.1, -0.05) is 55.2 Å². The molecule has 2 aliphatic rings. The van der Waals surface area contributed by atoms with Crippen LogP contribution in [0.2, 0.25) is 10.0 Å². The molecule has 1 fully saturated rings. The number of halogens is 3. The lowest BCUT2D eigenvalue weighted by atomic mass is 9.62. The summed E-state index contributed by atoms with van der Waals surface area (Å²) in [5, 5.41) is 16.3. The number of fused-ring (bicyclic) bond motifs is 2. The predicted octanol–water partition coefficient (Wildman–Crippen LogP) is 5.59. The molecule has 0 saturated carbocycles. The van der Waals surface area contributed by atoms with Crippen LogP contribution in [-0.4, -0.2) is 41.3 Å². The first-order valence-electron chi connectivity index (χ1n) is 12.4. The Morgan fingerprint density at radius 1 is 1.16 bits per heavy atom. The minimum atomic E-state index is -1.38. The number of carbonyl (C=O) groups is 2. The summed E-state index contributed by atoms with van der Waals surface area (Å²) in [6, 6.07) is 8.06. The molecular weight excluding hydrogens is 518 g/mol.